The maximum absolute atomic E-state index is 4.19. The quantitative estimate of drug-likeness (QED) is 0.168. The van der Waals surface area contributed by atoms with Crippen LogP contribution >= 0.6 is 0 Å². The van der Waals surface area contributed by atoms with Gasteiger partial charge >= 0.3 is 0 Å². The van der Waals surface area contributed by atoms with Gasteiger partial charge in [0.2, 0.25) is 0 Å². The minimum atomic E-state index is 1.04. The largest absolute Gasteiger partial charge is 0.355 e. The van der Waals surface area contributed by atoms with Crippen molar-refractivity contribution < 1.29 is 0 Å². The number of anilines is 5. The third-order valence-electron chi connectivity index (χ3n) is 13.2. The monoisotopic (exact) mass is 830 g/mol. The molecule has 4 heteroatoms. The zero-order valence-corrected chi connectivity index (χ0v) is 35.8. The van der Waals surface area contributed by atoms with Crippen molar-refractivity contribution in [1.82, 2.24) is 9.38 Å². The fraction of sp³-hybridized carbons (Fsp3) is 0.0164. The highest BCUT2D eigenvalue weighted by Crippen LogP contribution is 2.52. The van der Waals surface area contributed by atoms with E-state index in [1.54, 1.807) is 0 Å². The first kappa shape index (κ1) is 37.0. The molecule has 0 aliphatic carbocycles. The number of aromatic nitrogens is 2. The van der Waals surface area contributed by atoms with Gasteiger partial charge in [-0.05, 0) is 95.6 Å². The summed E-state index contributed by atoms with van der Waals surface area (Å²) in [5.74, 6) is 0. The molecule has 10 aromatic carbocycles. The molecule has 2 bridgehead atoms. The SMILES string of the molecule is Cc1ccc(N(c2ccccc2)c2cccc3c2c2cccc4c5c(-c6ccccc6)c6[nH]c7cccc(Nc8ccccc8)c7c7cccc(c7)c6c(-c6ccccc6)c5n3c24)cc1. The van der Waals surface area contributed by atoms with Crippen LogP contribution in [0.25, 0.3) is 92.9 Å². The molecule has 0 fully saturated rings. The fourth-order valence-corrected chi connectivity index (χ4v) is 10.5. The van der Waals surface area contributed by atoms with E-state index in [0.717, 1.165) is 66.8 Å². The van der Waals surface area contributed by atoms with E-state index in [1.165, 1.54) is 60.2 Å². The van der Waals surface area contributed by atoms with Crippen molar-refractivity contribution in [3.05, 3.63) is 230 Å². The van der Waals surface area contributed by atoms with E-state index in [1.807, 2.05) is 0 Å². The molecule has 3 heterocycles. The lowest BCUT2D eigenvalue weighted by Crippen LogP contribution is -2.10. The van der Waals surface area contributed by atoms with Crippen LogP contribution in [-0.4, -0.2) is 9.38 Å². The van der Waals surface area contributed by atoms with Crippen LogP contribution in [0.1, 0.15) is 5.56 Å². The van der Waals surface area contributed by atoms with Crippen molar-refractivity contribution in [3.63, 3.8) is 0 Å². The molecule has 4 nitrogen and oxygen atoms in total. The van der Waals surface area contributed by atoms with Crippen molar-refractivity contribution in [1.29, 1.82) is 0 Å². The summed E-state index contributed by atoms with van der Waals surface area (Å²) in [6.07, 6.45) is 0. The molecule has 0 spiro atoms. The molecule has 3 aromatic heterocycles. The van der Waals surface area contributed by atoms with E-state index in [-0.39, 0.29) is 0 Å². The third-order valence-corrected chi connectivity index (χ3v) is 13.2. The second kappa shape index (κ2) is 14.8. The van der Waals surface area contributed by atoms with E-state index in [9.17, 15) is 0 Å². The minimum Gasteiger partial charge on any atom is -0.355 e. The fourth-order valence-electron chi connectivity index (χ4n) is 10.5. The lowest BCUT2D eigenvalue weighted by atomic mass is 9.88. The first-order chi connectivity index (χ1) is 32.2. The highest BCUT2D eigenvalue weighted by Gasteiger charge is 2.28. The van der Waals surface area contributed by atoms with E-state index in [4.69, 9.17) is 0 Å². The molecular formula is C61H42N4. The predicted molar refractivity (Wildman–Crippen MR) is 277 cm³/mol. The van der Waals surface area contributed by atoms with Crippen molar-refractivity contribution in [3.8, 4) is 22.3 Å². The summed E-state index contributed by atoms with van der Waals surface area (Å²) >= 11 is 0. The number of rotatable bonds is 7. The van der Waals surface area contributed by atoms with E-state index < -0.39 is 0 Å². The number of fused-ring (bicyclic) bond motifs is 12. The van der Waals surface area contributed by atoms with Gasteiger partial charge in [-0.3, -0.25) is 0 Å². The summed E-state index contributed by atoms with van der Waals surface area (Å²) in [4.78, 5) is 6.60. The summed E-state index contributed by atoms with van der Waals surface area (Å²) in [6, 6.07) is 81.6. The number of para-hydroxylation sites is 3. The highest BCUT2D eigenvalue weighted by molar-refractivity contribution is 6.35. The van der Waals surface area contributed by atoms with Gasteiger partial charge in [0.15, 0.2) is 0 Å². The molecule has 0 aliphatic heterocycles. The van der Waals surface area contributed by atoms with Crippen LogP contribution in [0.2, 0.25) is 0 Å². The predicted octanol–water partition coefficient (Wildman–Crippen LogP) is 17.0. The smallest absolute Gasteiger partial charge is 0.0634 e. The zero-order chi connectivity index (χ0) is 43.0. The van der Waals surface area contributed by atoms with Gasteiger partial charge in [0.25, 0.3) is 0 Å². The molecule has 0 amide bonds. The van der Waals surface area contributed by atoms with Crippen LogP contribution in [-0.2, 0) is 0 Å². The molecule has 13 rings (SSSR count). The molecular weight excluding hydrogens is 789 g/mol. The maximum atomic E-state index is 4.19. The molecule has 306 valence electrons. The Balaban J connectivity index is 1.25. The minimum absolute atomic E-state index is 1.04. The van der Waals surface area contributed by atoms with E-state index in [2.05, 4.69) is 251 Å². The third kappa shape index (κ3) is 5.77. The van der Waals surface area contributed by atoms with E-state index >= 15 is 0 Å². The maximum Gasteiger partial charge on any atom is 0.0634 e. The van der Waals surface area contributed by atoms with Gasteiger partial charge in [-0.25, -0.2) is 0 Å². The summed E-state index contributed by atoms with van der Waals surface area (Å²) in [5, 5.41) is 13.3. The van der Waals surface area contributed by atoms with E-state index in [0.29, 0.717) is 0 Å². The molecule has 2 N–H and O–H groups in total. The number of nitrogens with one attached hydrogen (secondary N) is 2. The average Bonchev–Trinajstić information content (AvgIpc) is 3.88. The number of hydrogen-bond donors (Lipinski definition) is 2. The molecule has 0 radical (unpaired) electrons. The number of hydrogen-bond acceptors (Lipinski definition) is 2. The summed E-state index contributed by atoms with van der Waals surface area (Å²) in [7, 11) is 0. The van der Waals surface area contributed by atoms with Crippen molar-refractivity contribution in [2.24, 2.45) is 0 Å². The van der Waals surface area contributed by atoms with Gasteiger partial charge < -0.3 is 19.6 Å². The summed E-state index contributed by atoms with van der Waals surface area (Å²) in [5.41, 5.74) is 17.1. The Morgan fingerprint density at radius 2 is 1.03 bits per heavy atom. The Morgan fingerprint density at radius 3 is 1.75 bits per heavy atom. The summed E-state index contributed by atoms with van der Waals surface area (Å²) in [6.45, 7) is 2.15. The first-order valence-electron chi connectivity index (χ1n) is 22.4. The Labute approximate surface area is 376 Å². The number of aromatic amines is 1. The van der Waals surface area contributed by atoms with Crippen LogP contribution < -0.4 is 10.2 Å². The zero-order valence-electron chi connectivity index (χ0n) is 35.8. The normalized spacial score (nSPS) is 11.8. The van der Waals surface area contributed by atoms with Crippen molar-refractivity contribution in [2.75, 3.05) is 10.2 Å². The van der Waals surface area contributed by atoms with Gasteiger partial charge in [0.05, 0.1) is 27.8 Å². The van der Waals surface area contributed by atoms with Crippen LogP contribution in [0.5, 0.6) is 0 Å². The Hall–Kier alpha value is -8.60. The number of benzene rings is 10. The number of H-pyrrole nitrogens is 1. The number of aryl methyl sites for hydroxylation is 1. The highest BCUT2D eigenvalue weighted by atomic mass is 15.1. The van der Waals surface area contributed by atoms with Crippen molar-refractivity contribution >= 4 is 99.1 Å². The Morgan fingerprint density at radius 1 is 0.446 bits per heavy atom. The van der Waals surface area contributed by atoms with Crippen LogP contribution in [0, 0.1) is 6.92 Å². The van der Waals surface area contributed by atoms with Gasteiger partial charge in [-0.1, -0.05) is 163 Å². The lowest BCUT2D eigenvalue weighted by molar-refractivity contribution is 1.29. The van der Waals surface area contributed by atoms with Gasteiger partial charge in [0, 0.05) is 71.7 Å². The van der Waals surface area contributed by atoms with Gasteiger partial charge in [-0.15, -0.1) is 0 Å². The lowest BCUT2D eigenvalue weighted by Gasteiger charge is -2.26. The summed E-state index contributed by atoms with van der Waals surface area (Å²) < 4.78 is 2.59. The molecule has 13 aromatic rings. The van der Waals surface area contributed by atoms with Crippen molar-refractivity contribution in [2.45, 2.75) is 6.92 Å². The number of nitrogens with zero attached hydrogens (tertiary/aromatic N) is 2. The second-order valence-corrected chi connectivity index (χ2v) is 17.1. The topological polar surface area (TPSA) is 35.5 Å². The molecule has 0 aliphatic rings. The molecule has 0 saturated heterocycles. The molecule has 65 heavy (non-hydrogen) atoms. The second-order valence-electron chi connectivity index (χ2n) is 17.1. The van der Waals surface area contributed by atoms with Gasteiger partial charge in [0.1, 0.15) is 0 Å². The molecule has 0 atom stereocenters. The van der Waals surface area contributed by atoms with Crippen LogP contribution in [0.15, 0.2) is 224 Å². The van der Waals surface area contributed by atoms with Gasteiger partial charge in [-0.2, -0.15) is 0 Å². The Kier molecular flexibility index (Phi) is 8.40. The van der Waals surface area contributed by atoms with Crippen LogP contribution in [0.4, 0.5) is 28.4 Å². The molecule has 0 unspecified atom stereocenters. The van der Waals surface area contributed by atoms with Crippen LogP contribution in [0.3, 0.4) is 0 Å². The standard InChI is InChI=1S/C61H42N4/c1-39-34-36-46(37-35-39)64(45-26-12-5-13-27-45)51-32-17-33-52-57(51)47-28-15-29-48-58-54(40-18-6-2-7-19-40)59-55(56(41-20-8-3-9-21-41)61(58)65(52)60(47)48)43-23-14-22-42(38-43)53-49(30-16-31-50(53)63-59)62-44-24-10-4-11-25-44/h2-38,62-63H,1H3. The first-order valence-corrected chi connectivity index (χ1v) is 22.4. The Bertz CT molecular complexity index is 3950. The molecule has 0 saturated carbocycles. The average molecular weight is 831 g/mol.